The topological polar surface area (TPSA) is 26.0 Å². The molecule has 17 heavy (non-hydrogen) atoms. The molecule has 90 valence electrons. The molecular weight excluding hydrogens is 385 g/mol. The molecular formula is C12H10Br2ClNS. The van der Waals surface area contributed by atoms with Crippen LogP contribution in [0, 0.1) is 6.92 Å². The van der Waals surface area contributed by atoms with Gasteiger partial charge in [-0.3, -0.25) is 0 Å². The van der Waals surface area contributed by atoms with Crippen molar-refractivity contribution in [3.63, 3.8) is 0 Å². The number of hydrogen-bond acceptors (Lipinski definition) is 2. The Morgan fingerprint density at radius 2 is 1.94 bits per heavy atom. The second-order valence-corrected chi connectivity index (χ2v) is 7.12. The first-order valence-corrected chi connectivity index (χ1v) is 7.73. The van der Waals surface area contributed by atoms with Gasteiger partial charge >= 0.3 is 0 Å². The first-order valence-electron chi connectivity index (χ1n) is 4.95. The average molecular weight is 396 g/mol. The van der Waals surface area contributed by atoms with Crippen molar-refractivity contribution >= 4 is 54.8 Å². The fraction of sp³-hybridized carbons (Fsp3) is 0.167. The molecule has 0 radical (unpaired) electrons. The van der Waals surface area contributed by atoms with Crippen LogP contribution in [0.1, 0.15) is 21.4 Å². The van der Waals surface area contributed by atoms with Crippen LogP contribution in [-0.2, 0) is 0 Å². The molecule has 0 saturated heterocycles. The maximum absolute atomic E-state index is 6.27. The molecule has 2 N–H and O–H groups in total. The van der Waals surface area contributed by atoms with Crippen molar-refractivity contribution in [2.24, 2.45) is 5.73 Å². The highest BCUT2D eigenvalue weighted by Crippen LogP contribution is 2.35. The van der Waals surface area contributed by atoms with E-state index in [0.717, 1.165) is 19.4 Å². The molecule has 0 aliphatic heterocycles. The van der Waals surface area contributed by atoms with Gasteiger partial charge in [-0.05, 0) is 62.5 Å². The van der Waals surface area contributed by atoms with Crippen molar-refractivity contribution in [3.05, 3.63) is 53.6 Å². The summed E-state index contributed by atoms with van der Waals surface area (Å²) in [5.41, 5.74) is 7.31. The van der Waals surface area contributed by atoms with Gasteiger partial charge in [0.1, 0.15) is 0 Å². The third-order valence-electron chi connectivity index (χ3n) is 2.42. The third kappa shape index (κ3) is 2.93. The van der Waals surface area contributed by atoms with Crippen molar-refractivity contribution in [2.45, 2.75) is 13.0 Å². The molecule has 1 aromatic carbocycles. The lowest BCUT2D eigenvalue weighted by molar-refractivity contribution is 0.888. The van der Waals surface area contributed by atoms with Crippen molar-refractivity contribution in [1.82, 2.24) is 0 Å². The van der Waals surface area contributed by atoms with Crippen LogP contribution >= 0.6 is 54.8 Å². The van der Waals surface area contributed by atoms with Gasteiger partial charge in [-0.25, -0.2) is 0 Å². The Kier molecular flexibility index (Phi) is 4.31. The van der Waals surface area contributed by atoms with Crippen LogP contribution in [0.15, 0.2) is 33.2 Å². The van der Waals surface area contributed by atoms with Crippen molar-refractivity contribution in [3.8, 4) is 0 Å². The van der Waals surface area contributed by atoms with E-state index in [2.05, 4.69) is 44.8 Å². The molecule has 2 aromatic rings. The molecule has 0 spiro atoms. The number of halogens is 3. The molecule has 0 amide bonds. The normalized spacial score (nSPS) is 12.8. The van der Waals surface area contributed by atoms with E-state index < -0.39 is 0 Å². The molecule has 0 saturated carbocycles. The lowest BCUT2D eigenvalue weighted by Gasteiger charge is -2.12. The molecule has 2 rings (SSSR count). The van der Waals surface area contributed by atoms with Crippen LogP contribution < -0.4 is 5.73 Å². The van der Waals surface area contributed by atoms with Gasteiger partial charge in [-0.1, -0.05) is 17.7 Å². The monoisotopic (exact) mass is 393 g/mol. The number of rotatable bonds is 2. The highest BCUT2D eigenvalue weighted by Gasteiger charge is 2.15. The van der Waals surface area contributed by atoms with Crippen LogP contribution in [0.4, 0.5) is 0 Å². The molecule has 0 aliphatic rings. The van der Waals surface area contributed by atoms with Crippen molar-refractivity contribution in [1.29, 1.82) is 0 Å². The number of aryl methyl sites for hydroxylation is 1. The van der Waals surface area contributed by atoms with Crippen molar-refractivity contribution < 1.29 is 0 Å². The number of benzene rings is 1. The van der Waals surface area contributed by atoms with Crippen LogP contribution in [-0.4, -0.2) is 0 Å². The summed E-state index contributed by atoms with van der Waals surface area (Å²) >= 11 is 14.6. The minimum Gasteiger partial charge on any atom is -0.320 e. The first kappa shape index (κ1) is 13.6. The van der Waals surface area contributed by atoms with Crippen LogP contribution in [0.5, 0.6) is 0 Å². The first-order chi connectivity index (χ1) is 7.99. The SMILES string of the molecule is Cc1cc(Br)c(C(N)c2ccc(Cl)c(Br)c2)s1. The second-order valence-electron chi connectivity index (χ2n) is 3.72. The lowest BCUT2D eigenvalue weighted by atomic mass is 10.1. The Hall–Kier alpha value is 0.130. The van der Waals surface area contributed by atoms with E-state index in [-0.39, 0.29) is 6.04 Å². The number of hydrogen-bond donors (Lipinski definition) is 1. The van der Waals surface area contributed by atoms with Crippen LogP contribution in [0.3, 0.4) is 0 Å². The quantitative estimate of drug-likeness (QED) is 0.735. The Morgan fingerprint density at radius 3 is 2.47 bits per heavy atom. The van der Waals surface area contributed by atoms with Gasteiger partial charge in [0.25, 0.3) is 0 Å². The molecule has 1 atom stereocenters. The van der Waals surface area contributed by atoms with Gasteiger partial charge in [0.05, 0.1) is 11.1 Å². The van der Waals surface area contributed by atoms with Gasteiger partial charge < -0.3 is 5.73 Å². The largest absolute Gasteiger partial charge is 0.320 e. The summed E-state index contributed by atoms with van der Waals surface area (Å²) in [5.74, 6) is 0. The summed E-state index contributed by atoms with van der Waals surface area (Å²) in [6.45, 7) is 2.07. The van der Waals surface area contributed by atoms with E-state index >= 15 is 0 Å². The zero-order valence-electron chi connectivity index (χ0n) is 9.01. The summed E-state index contributed by atoms with van der Waals surface area (Å²) in [4.78, 5) is 2.38. The van der Waals surface area contributed by atoms with Gasteiger partial charge in [0.2, 0.25) is 0 Å². The Balaban J connectivity index is 2.40. The molecule has 1 heterocycles. The van der Waals surface area contributed by atoms with Crippen LogP contribution in [0.25, 0.3) is 0 Å². The van der Waals surface area contributed by atoms with E-state index in [1.807, 2.05) is 18.2 Å². The van der Waals surface area contributed by atoms with Crippen molar-refractivity contribution in [2.75, 3.05) is 0 Å². The smallest absolute Gasteiger partial charge is 0.0657 e. The van der Waals surface area contributed by atoms with E-state index in [9.17, 15) is 0 Å². The Bertz CT molecular complexity index is 553. The molecule has 5 heteroatoms. The minimum atomic E-state index is -0.128. The molecule has 1 aromatic heterocycles. The molecule has 0 fully saturated rings. The average Bonchev–Trinajstić information content (AvgIpc) is 2.61. The van der Waals surface area contributed by atoms with Gasteiger partial charge in [-0.2, -0.15) is 0 Å². The third-order valence-corrected chi connectivity index (χ3v) is 5.69. The van der Waals surface area contributed by atoms with E-state index in [0.29, 0.717) is 5.02 Å². The zero-order valence-corrected chi connectivity index (χ0v) is 13.8. The zero-order chi connectivity index (χ0) is 12.6. The maximum atomic E-state index is 6.27. The Morgan fingerprint density at radius 1 is 1.24 bits per heavy atom. The maximum Gasteiger partial charge on any atom is 0.0657 e. The highest BCUT2D eigenvalue weighted by atomic mass is 79.9. The van der Waals surface area contributed by atoms with E-state index in [1.165, 1.54) is 4.88 Å². The molecule has 0 aliphatic carbocycles. The predicted octanol–water partition coefficient (Wildman–Crippen LogP) is 5.28. The van der Waals surface area contributed by atoms with Gasteiger partial charge in [0.15, 0.2) is 0 Å². The fourth-order valence-electron chi connectivity index (χ4n) is 1.57. The summed E-state index contributed by atoms with van der Waals surface area (Å²) in [5, 5.41) is 0.697. The van der Waals surface area contributed by atoms with Crippen LogP contribution in [0.2, 0.25) is 5.02 Å². The van der Waals surface area contributed by atoms with E-state index in [4.69, 9.17) is 17.3 Å². The molecule has 0 bridgehead atoms. The summed E-state index contributed by atoms with van der Waals surface area (Å²) in [7, 11) is 0. The standard InChI is InChI=1S/C12H10Br2ClNS/c1-6-4-9(14)12(17-6)11(16)7-2-3-10(15)8(13)5-7/h2-5,11H,16H2,1H3. The summed E-state index contributed by atoms with van der Waals surface area (Å²) < 4.78 is 1.94. The summed E-state index contributed by atoms with van der Waals surface area (Å²) in [6, 6.07) is 7.74. The number of thiophene rings is 1. The van der Waals surface area contributed by atoms with E-state index in [1.54, 1.807) is 11.3 Å². The predicted molar refractivity (Wildman–Crippen MR) is 81.9 cm³/mol. The molecule has 1 nitrogen and oxygen atoms in total. The minimum absolute atomic E-state index is 0.128. The van der Waals surface area contributed by atoms with Gasteiger partial charge in [-0.15, -0.1) is 11.3 Å². The Labute approximate surface area is 126 Å². The number of nitrogens with two attached hydrogens (primary N) is 1. The highest BCUT2D eigenvalue weighted by molar-refractivity contribution is 9.10. The summed E-state index contributed by atoms with van der Waals surface area (Å²) in [6.07, 6.45) is 0. The lowest BCUT2D eigenvalue weighted by Crippen LogP contribution is -2.10. The second kappa shape index (κ2) is 5.41. The fourth-order valence-corrected chi connectivity index (χ4v) is 4.01. The van der Waals surface area contributed by atoms with Gasteiger partial charge in [0, 0.05) is 18.7 Å². The molecule has 1 unspecified atom stereocenters.